The van der Waals surface area contributed by atoms with Gasteiger partial charge in [-0.05, 0) is 31.5 Å². The van der Waals surface area contributed by atoms with Crippen LogP contribution >= 0.6 is 23.1 Å². The summed E-state index contributed by atoms with van der Waals surface area (Å²) in [5, 5.41) is 0.704. The van der Waals surface area contributed by atoms with Crippen molar-refractivity contribution in [3.63, 3.8) is 0 Å². The summed E-state index contributed by atoms with van der Waals surface area (Å²) in [5.41, 5.74) is 0.943. The van der Waals surface area contributed by atoms with Crippen LogP contribution in [0.15, 0.2) is 34.0 Å². The highest BCUT2D eigenvalue weighted by Gasteiger charge is 2.25. The minimum atomic E-state index is -0.222. The molecule has 3 heterocycles. The van der Waals surface area contributed by atoms with Crippen molar-refractivity contribution in [3.05, 3.63) is 50.9 Å². The van der Waals surface area contributed by atoms with Crippen LogP contribution in [0.25, 0.3) is 10.2 Å². The Hall–Kier alpha value is -1.79. The summed E-state index contributed by atoms with van der Waals surface area (Å²) < 4.78 is 6.01. The molecule has 4 rings (SSSR count). The monoisotopic (exact) mass is 330 g/mol. The summed E-state index contributed by atoms with van der Waals surface area (Å²) in [5.74, 6) is 2.21. The van der Waals surface area contributed by atoms with Gasteiger partial charge in [-0.1, -0.05) is 12.1 Å². The molecule has 2 aromatic heterocycles. The number of fused-ring (bicyclic) bond motifs is 2. The molecule has 0 radical (unpaired) electrons. The number of ether oxygens (including phenoxy) is 1. The number of benzene rings is 1. The molecule has 0 spiro atoms. The van der Waals surface area contributed by atoms with Gasteiger partial charge in [0.15, 0.2) is 11.9 Å². The maximum Gasteiger partial charge on any atom is 0.260 e. The van der Waals surface area contributed by atoms with E-state index in [4.69, 9.17) is 4.74 Å². The number of nitrogens with one attached hydrogen (secondary N) is 1. The lowest BCUT2D eigenvalue weighted by Gasteiger charge is -2.24. The number of thiophene rings is 1. The van der Waals surface area contributed by atoms with Crippen LogP contribution in [0, 0.1) is 13.8 Å². The third-order valence-corrected chi connectivity index (χ3v) is 6.09. The second kappa shape index (κ2) is 5.14. The summed E-state index contributed by atoms with van der Waals surface area (Å²) in [4.78, 5) is 23.0. The van der Waals surface area contributed by atoms with E-state index in [0.29, 0.717) is 11.2 Å². The van der Waals surface area contributed by atoms with Crippen molar-refractivity contribution in [1.29, 1.82) is 0 Å². The second-order valence-corrected chi connectivity index (χ2v) is 7.54. The van der Waals surface area contributed by atoms with E-state index in [1.54, 1.807) is 23.1 Å². The Bertz CT molecular complexity index is 930. The summed E-state index contributed by atoms with van der Waals surface area (Å²) in [7, 11) is 0. The summed E-state index contributed by atoms with van der Waals surface area (Å²) in [6.45, 7) is 3.98. The fourth-order valence-electron chi connectivity index (χ4n) is 2.58. The van der Waals surface area contributed by atoms with Gasteiger partial charge in [-0.25, -0.2) is 4.98 Å². The number of rotatable bonds is 1. The van der Waals surface area contributed by atoms with E-state index in [1.807, 2.05) is 38.1 Å². The SMILES string of the molecule is Cc1sc2nc([C@@H]3CSc4ccccc4O3)[nH]c(=O)c2c1C. The van der Waals surface area contributed by atoms with Crippen LogP contribution in [-0.2, 0) is 0 Å². The molecule has 1 aliphatic heterocycles. The van der Waals surface area contributed by atoms with Gasteiger partial charge in [0.1, 0.15) is 10.6 Å². The molecule has 1 N–H and O–H groups in total. The van der Waals surface area contributed by atoms with Crippen molar-refractivity contribution in [2.45, 2.75) is 24.8 Å². The van der Waals surface area contributed by atoms with Gasteiger partial charge >= 0.3 is 0 Å². The molecule has 112 valence electrons. The number of hydrogen-bond acceptors (Lipinski definition) is 5. The average molecular weight is 330 g/mol. The quantitative estimate of drug-likeness (QED) is 0.737. The molecule has 0 saturated carbocycles. The number of aromatic amines is 1. The molecule has 0 bridgehead atoms. The Kier molecular flexibility index (Phi) is 3.23. The van der Waals surface area contributed by atoms with E-state index in [9.17, 15) is 4.79 Å². The van der Waals surface area contributed by atoms with Crippen molar-refractivity contribution in [2.24, 2.45) is 0 Å². The van der Waals surface area contributed by atoms with E-state index in [-0.39, 0.29) is 11.7 Å². The Morgan fingerprint density at radius 2 is 2.14 bits per heavy atom. The molecule has 1 aliphatic rings. The first kappa shape index (κ1) is 13.8. The molecule has 3 aromatic rings. The first-order chi connectivity index (χ1) is 10.6. The Balaban J connectivity index is 1.78. The molecule has 1 aromatic carbocycles. The first-order valence-electron chi connectivity index (χ1n) is 7.02. The van der Waals surface area contributed by atoms with Crippen LogP contribution in [0.4, 0.5) is 0 Å². The maximum absolute atomic E-state index is 12.4. The van der Waals surface area contributed by atoms with Crippen molar-refractivity contribution in [2.75, 3.05) is 5.75 Å². The van der Waals surface area contributed by atoms with Gasteiger partial charge in [-0.3, -0.25) is 4.79 Å². The number of para-hydroxylation sites is 1. The van der Waals surface area contributed by atoms with Gasteiger partial charge in [-0.2, -0.15) is 0 Å². The zero-order valence-electron chi connectivity index (χ0n) is 12.2. The highest BCUT2D eigenvalue weighted by molar-refractivity contribution is 7.99. The molecule has 22 heavy (non-hydrogen) atoms. The van der Waals surface area contributed by atoms with E-state index in [2.05, 4.69) is 9.97 Å². The Labute approximate surface area is 135 Å². The molecule has 0 fully saturated rings. The lowest BCUT2D eigenvalue weighted by molar-refractivity contribution is 0.210. The molecular formula is C16H14N2O2S2. The van der Waals surface area contributed by atoms with Gasteiger partial charge < -0.3 is 9.72 Å². The van der Waals surface area contributed by atoms with E-state index in [0.717, 1.165) is 31.7 Å². The third kappa shape index (κ3) is 2.14. The number of aromatic nitrogens is 2. The van der Waals surface area contributed by atoms with Gasteiger partial charge in [0.05, 0.1) is 5.39 Å². The molecule has 6 heteroatoms. The molecule has 4 nitrogen and oxygen atoms in total. The van der Waals surface area contributed by atoms with Crippen molar-refractivity contribution in [1.82, 2.24) is 9.97 Å². The largest absolute Gasteiger partial charge is 0.480 e. The summed E-state index contributed by atoms with van der Waals surface area (Å²) in [6.07, 6.45) is -0.222. The Morgan fingerprint density at radius 3 is 3.00 bits per heavy atom. The Morgan fingerprint density at radius 1 is 1.32 bits per heavy atom. The van der Waals surface area contributed by atoms with Gasteiger partial charge in [0.25, 0.3) is 5.56 Å². The van der Waals surface area contributed by atoms with Gasteiger partial charge in [-0.15, -0.1) is 23.1 Å². The van der Waals surface area contributed by atoms with Crippen LogP contribution in [0.2, 0.25) is 0 Å². The first-order valence-corrected chi connectivity index (χ1v) is 8.82. The van der Waals surface area contributed by atoms with E-state index < -0.39 is 0 Å². The molecular weight excluding hydrogens is 316 g/mol. The van der Waals surface area contributed by atoms with Crippen LogP contribution < -0.4 is 10.3 Å². The lowest BCUT2D eigenvalue weighted by atomic mass is 10.2. The van der Waals surface area contributed by atoms with Crippen molar-refractivity contribution in [3.8, 4) is 5.75 Å². The van der Waals surface area contributed by atoms with Crippen LogP contribution in [0.5, 0.6) is 5.75 Å². The minimum absolute atomic E-state index is 0.0747. The van der Waals surface area contributed by atoms with E-state index >= 15 is 0 Å². The van der Waals surface area contributed by atoms with E-state index in [1.165, 1.54) is 0 Å². The predicted octanol–water partition coefficient (Wildman–Crippen LogP) is 3.83. The van der Waals surface area contributed by atoms with Gasteiger partial charge in [0.2, 0.25) is 0 Å². The molecule has 0 amide bonds. The van der Waals surface area contributed by atoms with Crippen molar-refractivity contribution >= 4 is 33.3 Å². The summed E-state index contributed by atoms with van der Waals surface area (Å²) >= 11 is 3.29. The standard InChI is InChI=1S/C16H14N2O2S2/c1-8-9(2)22-16-13(8)15(19)17-14(18-16)11-7-21-12-6-4-3-5-10(12)20-11/h3-6,11H,7H2,1-2H3,(H,17,18,19)/t11-/m0/s1. The average Bonchev–Trinajstić information content (AvgIpc) is 2.82. The van der Waals surface area contributed by atoms with Crippen molar-refractivity contribution < 1.29 is 4.74 Å². The zero-order valence-corrected chi connectivity index (χ0v) is 13.8. The predicted molar refractivity (Wildman–Crippen MR) is 90.2 cm³/mol. The number of H-pyrrole nitrogens is 1. The zero-order chi connectivity index (χ0) is 15.3. The molecule has 1 atom stereocenters. The number of aryl methyl sites for hydroxylation is 2. The van der Waals surface area contributed by atoms with Crippen LogP contribution in [0.3, 0.4) is 0 Å². The number of hydrogen-bond donors (Lipinski definition) is 1. The summed E-state index contributed by atoms with van der Waals surface area (Å²) in [6, 6.07) is 7.94. The molecule has 0 unspecified atom stereocenters. The topological polar surface area (TPSA) is 55.0 Å². The highest BCUT2D eigenvalue weighted by atomic mass is 32.2. The van der Waals surface area contributed by atoms with Crippen LogP contribution in [0.1, 0.15) is 22.4 Å². The number of thioether (sulfide) groups is 1. The number of nitrogens with zero attached hydrogens (tertiary/aromatic N) is 1. The maximum atomic E-state index is 12.4. The normalized spacial score (nSPS) is 17.3. The van der Waals surface area contributed by atoms with Gasteiger partial charge in [0, 0.05) is 15.5 Å². The fraction of sp³-hybridized carbons (Fsp3) is 0.250. The highest BCUT2D eigenvalue weighted by Crippen LogP contribution is 2.39. The minimum Gasteiger partial charge on any atom is -0.480 e. The molecule has 0 aliphatic carbocycles. The molecule has 0 saturated heterocycles. The fourth-order valence-corrected chi connectivity index (χ4v) is 4.61. The third-order valence-electron chi connectivity index (χ3n) is 3.87. The lowest BCUT2D eigenvalue weighted by Crippen LogP contribution is -2.21. The van der Waals surface area contributed by atoms with Crippen LogP contribution in [-0.4, -0.2) is 15.7 Å². The second-order valence-electron chi connectivity index (χ2n) is 5.28. The smallest absolute Gasteiger partial charge is 0.260 e.